The van der Waals surface area contributed by atoms with Crippen LogP contribution in [0.2, 0.25) is 10.2 Å². The first kappa shape index (κ1) is 24.2. The maximum atomic E-state index is 6.25. The third-order valence-electron chi connectivity index (χ3n) is 5.20. The summed E-state index contributed by atoms with van der Waals surface area (Å²) >= 11 is 12.1. The number of nitrogens with one attached hydrogen (secondary N) is 2. The molecule has 0 unspecified atom stereocenters. The summed E-state index contributed by atoms with van der Waals surface area (Å²) in [6, 6.07) is 12.0. The molecule has 1 aromatic carbocycles. The molecule has 2 N–H and O–H groups in total. The van der Waals surface area contributed by atoms with E-state index in [0.717, 1.165) is 62.1 Å². The van der Waals surface area contributed by atoms with Crippen molar-refractivity contribution >= 4 is 53.1 Å². The Hall–Kier alpha value is -1.09. The van der Waals surface area contributed by atoms with Crippen LogP contribution in [0.15, 0.2) is 47.6 Å². The van der Waals surface area contributed by atoms with Gasteiger partial charge in [-0.05, 0) is 48.6 Å². The Bertz CT molecular complexity index is 796. The third-order valence-corrected chi connectivity index (χ3v) is 5.66. The second-order valence-electron chi connectivity index (χ2n) is 6.99. The van der Waals surface area contributed by atoms with Crippen LogP contribution >= 0.6 is 47.2 Å². The average molecular weight is 549 g/mol. The number of pyridine rings is 1. The fraction of sp³-hybridized carbons (Fsp3) is 0.429. The van der Waals surface area contributed by atoms with Gasteiger partial charge in [-0.15, -0.1) is 24.0 Å². The number of rotatable bonds is 6. The molecule has 0 atom stereocenters. The Morgan fingerprint density at radius 3 is 2.62 bits per heavy atom. The van der Waals surface area contributed by atoms with Gasteiger partial charge < -0.3 is 15.4 Å². The lowest BCUT2D eigenvalue weighted by Gasteiger charge is -2.38. The molecular weight excluding hydrogens is 522 g/mol. The summed E-state index contributed by atoms with van der Waals surface area (Å²) in [5, 5.41) is 8.15. The van der Waals surface area contributed by atoms with Gasteiger partial charge in [0.15, 0.2) is 5.96 Å². The molecule has 0 spiro atoms. The smallest absolute Gasteiger partial charge is 0.191 e. The highest BCUT2D eigenvalue weighted by Crippen LogP contribution is 2.35. The Balaban J connectivity index is 0.00000300. The molecule has 1 aromatic heterocycles. The van der Waals surface area contributed by atoms with E-state index in [1.54, 1.807) is 13.2 Å². The highest BCUT2D eigenvalue weighted by atomic mass is 127. The molecule has 1 aliphatic heterocycles. The summed E-state index contributed by atoms with van der Waals surface area (Å²) < 4.78 is 5.61. The lowest BCUT2D eigenvalue weighted by molar-refractivity contribution is 0.0514. The van der Waals surface area contributed by atoms with Gasteiger partial charge in [-0.1, -0.05) is 41.4 Å². The number of hydrogen-bond donors (Lipinski definition) is 2. The average Bonchev–Trinajstić information content (AvgIpc) is 2.72. The second-order valence-corrected chi connectivity index (χ2v) is 7.82. The van der Waals surface area contributed by atoms with Gasteiger partial charge >= 0.3 is 0 Å². The number of aliphatic imine (C=N–C) groups is 1. The fourth-order valence-corrected chi connectivity index (χ4v) is 3.80. The second kappa shape index (κ2) is 11.9. The maximum absolute atomic E-state index is 6.25. The third kappa shape index (κ3) is 6.98. The lowest BCUT2D eigenvalue weighted by atomic mass is 9.74. The zero-order chi connectivity index (χ0) is 19.8. The monoisotopic (exact) mass is 548 g/mol. The molecular formula is C21H27Cl2IN4O. The van der Waals surface area contributed by atoms with Crippen molar-refractivity contribution in [2.24, 2.45) is 4.99 Å². The maximum Gasteiger partial charge on any atom is 0.191 e. The van der Waals surface area contributed by atoms with Gasteiger partial charge in [-0.25, -0.2) is 4.98 Å². The van der Waals surface area contributed by atoms with E-state index in [2.05, 4.69) is 32.7 Å². The van der Waals surface area contributed by atoms with Gasteiger partial charge in [-0.3, -0.25) is 4.99 Å². The summed E-state index contributed by atoms with van der Waals surface area (Å²) in [5.74, 6) is 0.787. The van der Waals surface area contributed by atoms with Crippen molar-refractivity contribution in [2.75, 3.05) is 33.4 Å². The van der Waals surface area contributed by atoms with E-state index in [0.29, 0.717) is 5.15 Å². The number of nitrogens with zero attached hydrogens (tertiary/aromatic N) is 2. The van der Waals surface area contributed by atoms with E-state index in [4.69, 9.17) is 27.9 Å². The van der Waals surface area contributed by atoms with E-state index < -0.39 is 0 Å². The van der Waals surface area contributed by atoms with Crippen molar-refractivity contribution in [3.05, 3.63) is 63.9 Å². The lowest BCUT2D eigenvalue weighted by Crippen LogP contribution is -2.48. The predicted molar refractivity (Wildman–Crippen MR) is 131 cm³/mol. The summed E-state index contributed by atoms with van der Waals surface area (Å²) in [6.07, 6.45) is 4.55. The van der Waals surface area contributed by atoms with Crippen LogP contribution in [0.25, 0.3) is 0 Å². The minimum atomic E-state index is -0.0130. The van der Waals surface area contributed by atoms with Crippen LogP contribution in [0.5, 0.6) is 0 Å². The van der Waals surface area contributed by atoms with Gasteiger partial charge in [0, 0.05) is 50.0 Å². The van der Waals surface area contributed by atoms with Crippen LogP contribution in [0.1, 0.15) is 24.0 Å². The summed E-state index contributed by atoms with van der Waals surface area (Å²) in [6.45, 7) is 3.04. The molecule has 1 fully saturated rings. The van der Waals surface area contributed by atoms with Crippen molar-refractivity contribution in [1.29, 1.82) is 0 Å². The van der Waals surface area contributed by atoms with E-state index in [-0.39, 0.29) is 29.4 Å². The quantitative estimate of drug-likeness (QED) is 0.242. The number of guanidine groups is 1. The molecule has 2 aromatic rings. The Morgan fingerprint density at radius 2 is 1.97 bits per heavy atom. The van der Waals surface area contributed by atoms with E-state index >= 15 is 0 Å². The molecule has 5 nitrogen and oxygen atoms in total. The molecule has 0 bridgehead atoms. The minimum absolute atomic E-state index is 0. The minimum Gasteiger partial charge on any atom is -0.381 e. The van der Waals surface area contributed by atoms with Crippen LogP contribution in [0.3, 0.4) is 0 Å². The molecule has 2 heterocycles. The first-order valence-electron chi connectivity index (χ1n) is 9.50. The van der Waals surface area contributed by atoms with E-state index in [9.17, 15) is 0 Å². The van der Waals surface area contributed by atoms with Crippen LogP contribution in [0.4, 0.5) is 0 Å². The van der Waals surface area contributed by atoms with Crippen molar-refractivity contribution in [3.8, 4) is 0 Å². The topological polar surface area (TPSA) is 58.5 Å². The molecule has 8 heteroatoms. The van der Waals surface area contributed by atoms with E-state index in [1.807, 2.05) is 24.3 Å². The van der Waals surface area contributed by atoms with Crippen molar-refractivity contribution in [3.63, 3.8) is 0 Å². The zero-order valence-electron chi connectivity index (χ0n) is 16.5. The Labute approximate surface area is 199 Å². The molecule has 0 aliphatic carbocycles. The normalized spacial score (nSPS) is 16.0. The summed E-state index contributed by atoms with van der Waals surface area (Å²) in [7, 11) is 1.79. The molecule has 1 aliphatic rings. The molecule has 158 valence electrons. The van der Waals surface area contributed by atoms with Gasteiger partial charge in [-0.2, -0.15) is 0 Å². The van der Waals surface area contributed by atoms with Crippen LogP contribution in [-0.2, 0) is 16.6 Å². The predicted octanol–water partition coefficient (Wildman–Crippen LogP) is 4.46. The van der Waals surface area contributed by atoms with Crippen molar-refractivity contribution in [1.82, 2.24) is 15.6 Å². The largest absolute Gasteiger partial charge is 0.381 e. The van der Waals surface area contributed by atoms with Crippen molar-refractivity contribution in [2.45, 2.75) is 24.7 Å². The molecule has 0 amide bonds. The SMILES string of the molecule is CN=C(NCCc1ccc(Cl)nc1)NCC1(c2cccc(Cl)c2)CCOCC1.I. The molecule has 29 heavy (non-hydrogen) atoms. The van der Waals surface area contributed by atoms with Crippen LogP contribution in [0, 0.1) is 0 Å². The first-order chi connectivity index (χ1) is 13.6. The Kier molecular flexibility index (Phi) is 9.95. The van der Waals surface area contributed by atoms with Gasteiger partial charge in [0.1, 0.15) is 5.15 Å². The summed E-state index contributed by atoms with van der Waals surface area (Å²) in [4.78, 5) is 8.47. The van der Waals surface area contributed by atoms with Crippen molar-refractivity contribution < 1.29 is 4.74 Å². The van der Waals surface area contributed by atoms with Crippen LogP contribution < -0.4 is 10.6 Å². The van der Waals surface area contributed by atoms with Gasteiger partial charge in [0.25, 0.3) is 0 Å². The number of ether oxygens (including phenoxy) is 1. The highest BCUT2D eigenvalue weighted by molar-refractivity contribution is 14.0. The fourth-order valence-electron chi connectivity index (χ4n) is 3.50. The molecule has 0 radical (unpaired) electrons. The van der Waals surface area contributed by atoms with Gasteiger partial charge in [0.05, 0.1) is 0 Å². The first-order valence-corrected chi connectivity index (χ1v) is 10.3. The number of benzene rings is 1. The summed E-state index contributed by atoms with van der Waals surface area (Å²) in [5.41, 5.74) is 2.37. The molecule has 0 saturated carbocycles. The molecule has 1 saturated heterocycles. The molecule has 3 rings (SSSR count). The number of halogens is 3. The van der Waals surface area contributed by atoms with Crippen LogP contribution in [-0.4, -0.2) is 44.3 Å². The van der Waals surface area contributed by atoms with Gasteiger partial charge in [0.2, 0.25) is 0 Å². The highest BCUT2D eigenvalue weighted by Gasteiger charge is 2.34. The number of hydrogen-bond acceptors (Lipinski definition) is 3. The Morgan fingerprint density at radius 1 is 1.17 bits per heavy atom. The van der Waals surface area contributed by atoms with E-state index in [1.165, 1.54) is 5.56 Å². The standard InChI is InChI=1S/C21H26Cl2N4O.HI/c1-24-20(25-10-7-16-5-6-19(23)26-14-16)27-15-21(8-11-28-12-9-21)17-3-2-4-18(22)13-17;/h2-6,13-14H,7-12,15H2,1H3,(H2,24,25,27);1H. The number of aromatic nitrogens is 1. The zero-order valence-corrected chi connectivity index (χ0v) is 20.3.